The molecule has 0 N–H and O–H groups in total. The molecule has 0 aliphatic carbocycles. The van der Waals surface area contributed by atoms with Crippen LogP contribution in [-0.4, -0.2) is 6.86 Å². The number of halogens is 2. The predicted molar refractivity (Wildman–Crippen MR) is 54.7 cm³/mol. The minimum absolute atomic E-state index is 0.442. The van der Waals surface area contributed by atoms with Gasteiger partial charge in [0.2, 0.25) is 6.86 Å². The fraction of sp³-hybridized carbons (Fsp3) is 0.300. The first-order valence-electron chi connectivity index (χ1n) is 4.12. The van der Waals surface area contributed by atoms with Crippen molar-refractivity contribution < 1.29 is 9.13 Å². The molecule has 1 rings (SSSR count). The van der Waals surface area contributed by atoms with E-state index in [1.165, 1.54) is 0 Å². The molecule has 0 aliphatic rings. The van der Waals surface area contributed by atoms with Crippen molar-refractivity contribution in [2.24, 2.45) is 0 Å². The van der Waals surface area contributed by atoms with Gasteiger partial charge in [-0.3, -0.25) is 0 Å². The molecule has 4 heteroatoms. The Hall–Kier alpha value is -1.08. The van der Waals surface area contributed by atoms with Gasteiger partial charge in [-0.15, -0.1) is 0 Å². The highest BCUT2D eigenvalue weighted by molar-refractivity contribution is 9.10. The summed E-state index contributed by atoms with van der Waals surface area (Å²) in [6, 6.07) is 7.40. The lowest BCUT2D eigenvalue weighted by atomic mass is 10.1. The van der Waals surface area contributed by atoms with Gasteiger partial charge in [-0.2, -0.15) is 5.26 Å². The Bertz CT molecular complexity index is 348. The first-order chi connectivity index (χ1) is 6.79. The topological polar surface area (TPSA) is 33.0 Å². The molecule has 0 saturated carbocycles. The van der Waals surface area contributed by atoms with Gasteiger partial charge in [-0.25, -0.2) is 4.39 Å². The average molecular weight is 258 g/mol. The number of alkyl halides is 1. The van der Waals surface area contributed by atoms with Crippen molar-refractivity contribution in [2.45, 2.75) is 12.8 Å². The van der Waals surface area contributed by atoms with Gasteiger partial charge < -0.3 is 4.74 Å². The first-order valence-corrected chi connectivity index (χ1v) is 4.92. The summed E-state index contributed by atoms with van der Waals surface area (Å²) >= 11 is 3.31. The van der Waals surface area contributed by atoms with Gasteiger partial charge in [0.05, 0.1) is 10.5 Å². The van der Waals surface area contributed by atoms with E-state index >= 15 is 0 Å². The summed E-state index contributed by atoms with van der Waals surface area (Å²) in [5, 5.41) is 8.43. The van der Waals surface area contributed by atoms with Crippen LogP contribution >= 0.6 is 15.9 Å². The van der Waals surface area contributed by atoms with Crippen molar-refractivity contribution in [3.63, 3.8) is 0 Å². The van der Waals surface area contributed by atoms with Crippen molar-refractivity contribution >= 4 is 15.9 Å². The lowest BCUT2D eigenvalue weighted by Crippen LogP contribution is -1.94. The molecule has 0 saturated heterocycles. The SMILES string of the molecule is N#CCCc1cccc(OCF)c1Br. The summed E-state index contributed by atoms with van der Waals surface area (Å²) in [6.07, 6.45) is 1.08. The molecule has 14 heavy (non-hydrogen) atoms. The molecular formula is C10H9BrFNO. The first kappa shape index (κ1) is 11.0. The Morgan fingerprint density at radius 1 is 1.50 bits per heavy atom. The summed E-state index contributed by atoms with van der Waals surface area (Å²) in [4.78, 5) is 0. The number of aryl methyl sites for hydroxylation is 1. The number of hydrogen-bond acceptors (Lipinski definition) is 2. The van der Waals surface area contributed by atoms with E-state index in [1.54, 1.807) is 12.1 Å². The molecule has 0 aromatic heterocycles. The molecule has 0 heterocycles. The van der Waals surface area contributed by atoms with Crippen molar-refractivity contribution in [2.75, 3.05) is 6.86 Å². The van der Waals surface area contributed by atoms with E-state index in [4.69, 9.17) is 10.00 Å². The quantitative estimate of drug-likeness (QED) is 0.830. The monoisotopic (exact) mass is 257 g/mol. The standard InChI is InChI=1S/C10H9BrFNO/c11-10-8(4-2-6-13)3-1-5-9(10)14-7-12/h1,3,5H,2,4,7H2. The minimum atomic E-state index is -0.847. The molecule has 0 aliphatic heterocycles. The van der Waals surface area contributed by atoms with Crippen molar-refractivity contribution in [3.8, 4) is 11.8 Å². The molecular weight excluding hydrogens is 249 g/mol. The summed E-state index contributed by atoms with van der Waals surface area (Å²) in [5.74, 6) is 0.475. The maximum Gasteiger partial charge on any atom is 0.228 e. The molecule has 0 atom stereocenters. The molecule has 0 radical (unpaired) electrons. The Kier molecular flexibility index (Phi) is 4.41. The minimum Gasteiger partial charge on any atom is -0.462 e. The second-order valence-electron chi connectivity index (χ2n) is 2.64. The zero-order valence-electron chi connectivity index (χ0n) is 7.46. The molecule has 0 spiro atoms. The predicted octanol–water partition coefficient (Wildman–Crippen LogP) is 3.21. The molecule has 1 aromatic carbocycles. The van der Waals surface area contributed by atoms with E-state index in [2.05, 4.69) is 22.0 Å². The van der Waals surface area contributed by atoms with Crippen molar-refractivity contribution in [3.05, 3.63) is 28.2 Å². The fourth-order valence-corrected chi connectivity index (χ4v) is 1.69. The smallest absolute Gasteiger partial charge is 0.228 e. The Balaban J connectivity index is 2.85. The zero-order chi connectivity index (χ0) is 10.4. The van der Waals surface area contributed by atoms with E-state index in [0.717, 1.165) is 10.0 Å². The second kappa shape index (κ2) is 5.61. The van der Waals surface area contributed by atoms with Crippen LogP contribution in [0.4, 0.5) is 4.39 Å². The highest BCUT2D eigenvalue weighted by Crippen LogP contribution is 2.29. The van der Waals surface area contributed by atoms with Crippen LogP contribution in [-0.2, 0) is 6.42 Å². The lowest BCUT2D eigenvalue weighted by molar-refractivity contribution is 0.190. The zero-order valence-corrected chi connectivity index (χ0v) is 9.05. The van der Waals surface area contributed by atoms with Crippen molar-refractivity contribution in [1.29, 1.82) is 5.26 Å². The number of nitriles is 1. The molecule has 2 nitrogen and oxygen atoms in total. The van der Waals surface area contributed by atoms with Crippen LogP contribution < -0.4 is 4.74 Å². The normalized spacial score (nSPS) is 9.50. The number of rotatable bonds is 4. The van der Waals surface area contributed by atoms with Gasteiger partial charge in [0.25, 0.3) is 0 Å². The molecule has 0 amide bonds. The Morgan fingerprint density at radius 2 is 2.29 bits per heavy atom. The number of benzene rings is 1. The van der Waals surface area contributed by atoms with Gasteiger partial charge >= 0.3 is 0 Å². The summed E-state index contributed by atoms with van der Waals surface area (Å²) in [6.45, 7) is -0.847. The third-order valence-electron chi connectivity index (χ3n) is 1.76. The molecule has 0 bridgehead atoms. The number of ether oxygens (including phenoxy) is 1. The largest absolute Gasteiger partial charge is 0.462 e. The van der Waals surface area contributed by atoms with Crippen LogP contribution in [0.3, 0.4) is 0 Å². The van der Waals surface area contributed by atoms with E-state index in [0.29, 0.717) is 18.6 Å². The maximum atomic E-state index is 11.9. The molecule has 1 aromatic rings. The van der Waals surface area contributed by atoms with Gasteiger partial charge in [0.15, 0.2) is 0 Å². The number of nitrogens with zero attached hydrogens (tertiary/aromatic N) is 1. The lowest BCUT2D eigenvalue weighted by Gasteiger charge is -2.07. The second-order valence-corrected chi connectivity index (χ2v) is 3.43. The molecule has 74 valence electrons. The Morgan fingerprint density at radius 3 is 2.93 bits per heavy atom. The number of hydrogen-bond donors (Lipinski definition) is 0. The van der Waals surface area contributed by atoms with E-state index in [9.17, 15) is 4.39 Å². The van der Waals surface area contributed by atoms with Crippen LogP contribution in [0.2, 0.25) is 0 Å². The highest BCUT2D eigenvalue weighted by Gasteiger charge is 2.05. The van der Waals surface area contributed by atoms with Gasteiger partial charge in [0.1, 0.15) is 5.75 Å². The van der Waals surface area contributed by atoms with Gasteiger partial charge in [0, 0.05) is 6.42 Å². The van der Waals surface area contributed by atoms with Gasteiger partial charge in [-0.05, 0) is 34.0 Å². The van der Waals surface area contributed by atoms with Gasteiger partial charge in [-0.1, -0.05) is 12.1 Å². The van der Waals surface area contributed by atoms with Crippen LogP contribution in [0.1, 0.15) is 12.0 Å². The summed E-state index contributed by atoms with van der Waals surface area (Å²) in [5.41, 5.74) is 0.956. The van der Waals surface area contributed by atoms with Crippen molar-refractivity contribution in [1.82, 2.24) is 0 Å². The third-order valence-corrected chi connectivity index (χ3v) is 2.66. The highest BCUT2D eigenvalue weighted by atomic mass is 79.9. The molecule has 0 unspecified atom stereocenters. The fourth-order valence-electron chi connectivity index (χ4n) is 1.11. The van der Waals surface area contributed by atoms with Crippen LogP contribution in [0.25, 0.3) is 0 Å². The summed E-state index contributed by atoms with van der Waals surface area (Å²) < 4.78 is 17.4. The third kappa shape index (κ3) is 2.71. The van der Waals surface area contributed by atoms with Crippen LogP contribution in [0, 0.1) is 11.3 Å². The van der Waals surface area contributed by atoms with Crippen LogP contribution in [0.5, 0.6) is 5.75 Å². The average Bonchev–Trinajstić information content (AvgIpc) is 2.20. The summed E-state index contributed by atoms with van der Waals surface area (Å²) in [7, 11) is 0. The maximum absolute atomic E-state index is 11.9. The van der Waals surface area contributed by atoms with E-state index in [-0.39, 0.29) is 0 Å². The van der Waals surface area contributed by atoms with E-state index < -0.39 is 6.86 Å². The van der Waals surface area contributed by atoms with Crippen LogP contribution in [0.15, 0.2) is 22.7 Å². The Labute approximate surface area is 90.4 Å². The van der Waals surface area contributed by atoms with E-state index in [1.807, 2.05) is 6.07 Å². The molecule has 0 fully saturated rings.